The summed E-state index contributed by atoms with van der Waals surface area (Å²) in [6.07, 6.45) is 0. The molecular weight excluding hydrogens is 268 g/mol. The van der Waals surface area contributed by atoms with Gasteiger partial charge >= 0.3 is 0 Å². The van der Waals surface area contributed by atoms with E-state index < -0.39 is 10.0 Å². The molecule has 19 heavy (non-hydrogen) atoms. The van der Waals surface area contributed by atoms with Crippen molar-refractivity contribution in [1.82, 2.24) is 4.31 Å². The zero-order valence-corrected chi connectivity index (χ0v) is 12.5. The molecule has 0 aliphatic carbocycles. The number of rotatable bonds is 6. The molecule has 1 aromatic rings. The quantitative estimate of drug-likeness (QED) is 0.837. The lowest BCUT2D eigenvalue weighted by Gasteiger charge is -2.18. The van der Waals surface area contributed by atoms with Gasteiger partial charge in [-0.3, -0.25) is 0 Å². The molecule has 6 nitrogen and oxygen atoms in total. The molecule has 1 aromatic carbocycles. The number of ether oxygens (including phenoxy) is 2. The Balaban J connectivity index is 3.47. The maximum atomic E-state index is 12.3. The van der Waals surface area contributed by atoms with Crippen LogP contribution in [0.3, 0.4) is 0 Å². The smallest absolute Gasteiger partial charge is 0.242 e. The van der Waals surface area contributed by atoms with Crippen LogP contribution >= 0.6 is 0 Å². The highest BCUT2D eigenvalue weighted by Crippen LogP contribution is 2.34. The topological polar surface area (TPSA) is 81.9 Å². The van der Waals surface area contributed by atoms with Crippen LogP contribution in [0.15, 0.2) is 17.0 Å². The van der Waals surface area contributed by atoms with E-state index in [4.69, 9.17) is 15.2 Å². The summed E-state index contributed by atoms with van der Waals surface area (Å²) in [4.78, 5) is 0.148. The summed E-state index contributed by atoms with van der Waals surface area (Å²) < 4.78 is 36.2. The van der Waals surface area contributed by atoms with E-state index in [1.807, 2.05) is 0 Å². The SMILES string of the molecule is CCN(C)S(=O)(=O)c1cc(CN)c(OC)c(OC)c1. The summed E-state index contributed by atoms with van der Waals surface area (Å²) in [5.41, 5.74) is 6.21. The molecule has 7 heteroatoms. The van der Waals surface area contributed by atoms with Gasteiger partial charge in [0.25, 0.3) is 0 Å². The maximum Gasteiger partial charge on any atom is 0.242 e. The zero-order chi connectivity index (χ0) is 14.6. The average Bonchev–Trinajstić information content (AvgIpc) is 2.44. The van der Waals surface area contributed by atoms with E-state index in [9.17, 15) is 8.42 Å². The Labute approximate surface area is 114 Å². The van der Waals surface area contributed by atoms with E-state index in [0.717, 1.165) is 0 Å². The molecule has 0 heterocycles. The van der Waals surface area contributed by atoms with Gasteiger partial charge in [0, 0.05) is 31.8 Å². The van der Waals surface area contributed by atoms with Gasteiger partial charge in [-0.1, -0.05) is 6.92 Å². The molecule has 0 saturated carbocycles. The first-order chi connectivity index (χ1) is 8.92. The summed E-state index contributed by atoms with van der Waals surface area (Å²) in [5.74, 6) is 0.816. The molecule has 0 saturated heterocycles. The van der Waals surface area contributed by atoms with Crippen molar-refractivity contribution in [3.8, 4) is 11.5 Å². The van der Waals surface area contributed by atoms with Gasteiger partial charge in [-0.25, -0.2) is 12.7 Å². The van der Waals surface area contributed by atoms with Crippen molar-refractivity contribution < 1.29 is 17.9 Å². The van der Waals surface area contributed by atoms with Crippen molar-refractivity contribution in [2.45, 2.75) is 18.4 Å². The molecule has 0 radical (unpaired) electrons. The molecule has 0 bridgehead atoms. The molecular formula is C12H20N2O4S. The maximum absolute atomic E-state index is 12.3. The Hall–Kier alpha value is -1.31. The second-order valence-corrected chi connectivity index (χ2v) is 5.99. The predicted octanol–water partition coefficient (Wildman–Crippen LogP) is 0.803. The third-order valence-electron chi connectivity index (χ3n) is 2.90. The minimum Gasteiger partial charge on any atom is -0.493 e. The highest BCUT2D eigenvalue weighted by molar-refractivity contribution is 7.89. The van der Waals surface area contributed by atoms with Crippen LogP contribution in [0.1, 0.15) is 12.5 Å². The van der Waals surface area contributed by atoms with E-state index in [1.54, 1.807) is 6.92 Å². The molecule has 108 valence electrons. The van der Waals surface area contributed by atoms with Crippen LogP contribution in [-0.2, 0) is 16.6 Å². The number of sulfonamides is 1. The largest absolute Gasteiger partial charge is 0.493 e. The molecule has 0 fully saturated rings. The van der Waals surface area contributed by atoms with Crippen LogP contribution in [0, 0.1) is 0 Å². The van der Waals surface area contributed by atoms with Crippen LogP contribution in [-0.4, -0.2) is 40.5 Å². The van der Waals surface area contributed by atoms with Crippen LogP contribution in [0.4, 0.5) is 0 Å². The first-order valence-electron chi connectivity index (χ1n) is 5.83. The first-order valence-corrected chi connectivity index (χ1v) is 7.27. The average molecular weight is 288 g/mol. The lowest BCUT2D eigenvalue weighted by atomic mass is 10.2. The van der Waals surface area contributed by atoms with E-state index in [0.29, 0.717) is 23.6 Å². The molecule has 2 N–H and O–H groups in total. The molecule has 0 aromatic heterocycles. The molecule has 0 atom stereocenters. The Morgan fingerprint density at radius 2 is 1.89 bits per heavy atom. The number of benzene rings is 1. The van der Waals surface area contributed by atoms with Crippen LogP contribution in [0.5, 0.6) is 11.5 Å². The Bertz CT molecular complexity index is 518. The summed E-state index contributed by atoms with van der Waals surface area (Å²) in [7, 11) is 0.931. The van der Waals surface area contributed by atoms with E-state index in [1.165, 1.54) is 37.7 Å². The van der Waals surface area contributed by atoms with Crippen molar-refractivity contribution in [3.63, 3.8) is 0 Å². The minimum atomic E-state index is -3.54. The van der Waals surface area contributed by atoms with Gasteiger partial charge in [0.15, 0.2) is 11.5 Å². The molecule has 0 amide bonds. The molecule has 0 unspecified atom stereocenters. The third kappa shape index (κ3) is 2.99. The van der Waals surface area contributed by atoms with Crippen molar-refractivity contribution >= 4 is 10.0 Å². The Kier molecular flexibility index (Phi) is 5.16. The van der Waals surface area contributed by atoms with Crippen LogP contribution in [0.2, 0.25) is 0 Å². The van der Waals surface area contributed by atoms with Crippen molar-refractivity contribution in [1.29, 1.82) is 0 Å². The van der Waals surface area contributed by atoms with E-state index in [-0.39, 0.29) is 11.4 Å². The summed E-state index contributed by atoms with van der Waals surface area (Å²) in [5, 5.41) is 0. The first kappa shape index (κ1) is 15.7. The zero-order valence-electron chi connectivity index (χ0n) is 11.6. The van der Waals surface area contributed by atoms with Gasteiger partial charge in [-0.2, -0.15) is 0 Å². The number of nitrogens with two attached hydrogens (primary N) is 1. The molecule has 0 spiro atoms. The number of hydrogen-bond acceptors (Lipinski definition) is 5. The minimum absolute atomic E-state index is 0.148. The summed E-state index contributed by atoms with van der Waals surface area (Å²) in [6, 6.07) is 2.96. The highest BCUT2D eigenvalue weighted by Gasteiger charge is 2.23. The van der Waals surface area contributed by atoms with Gasteiger partial charge in [0.2, 0.25) is 10.0 Å². The monoisotopic (exact) mass is 288 g/mol. The van der Waals surface area contributed by atoms with Gasteiger partial charge in [-0.15, -0.1) is 0 Å². The van der Waals surface area contributed by atoms with Crippen molar-refractivity contribution in [3.05, 3.63) is 17.7 Å². The molecule has 1 rings (SSSR count). The number of methoxy groups -OCH3 is 2. The second kappa shape index (κ2) is 6.23. The fraction of sp³-hybridized carbons (Fsp3) is 0.500. The van der Waals surface area contributed by atoms with Gasteiger partial charge in [0.1, 0.15) is 0 Å². The lowest BCUT2D eigenvalue weighted by molar-refractivity contribution is 0.350. The number of nitrogens with zero attached hydrogens (tertiary/aromatic N) is 1. The lowest BCUT2D eigenvalue weighted by Crippen LogP contribution is -2.26. The highest BCUT2D eigenvalue weighted by atomic mass is 32.2. The summed E-state index contributed by atoms with van der Waals surface area (Å²) in [6.45, 7) is 2.31. The fourth-order valence-corrected chi connectivity index (χ4v) is 2.91. The molecule has 0 aliphatic rings. The normalized spacial score (nSPS) is 11.7. The summed E-state index contributed by atoms with van der Waals surface area (Å²) >= 11 is 0. The second-order valence-electron chi connectivity index (χ2n) is 3.94. The van der Waals surface area contributed by atoms with E-state index >= 15 is 0 Å². The van der Waals surface area contributed by atoms with Gasteiger partial charge in [0.05, 0.1) is 19.1 Å². The third-order valence-corrected chi connectivity index (χ3v) is 4.81. The van der Waals surface area contributed by atoms with Crippen molar-refractivity contribution in [2.24, 2.45) is 5.73 Å². The van der Waals surface area contributed by atoms with Crippen molar-refractivity contribution in [2.75, 3.05) is 27.8 Å². The molecule has 0 aliphatic heterocycles. The van der Waals surface area contributed by atoms with Crippen LogP contribution in [0.25, 0.3) is 0 Å². The number of hydrogen-bond donors (Lipinski definition) is 1. The fourth-order valence-electron chi connectivity index (χ4n) is 1.67. The predicted molar refractivity (Wildman–Crippen MR) is 72.9 cm³/mol. The standard InChI is InChI=1S/C12H20N2O4S/c1-5-14(2)19(15,16)10-6-9(8-13)12(18-4)11(7-10)17-3/h6-7H,5,8,13H2,1-4H3. The van der Waals surface area contributed by atoms with E-state index in [2.05, 4.69) is 0 Å². The van der Waals surface area contributed by atoms with Crippen LogP contribution < -0.4 is 15.2 Å². The van der Waals surface area contributed by atoms with Gasteiger partial charge in [-0.05, 0) is 6.07 Å². The Morgan fingerprint density at radius 1 is 1.26 bits per heavy atom. The Morgan fingerprint density at radius 3 is 2.32 bits per heavy atom. The van der Waals surface area contributed by atoms with Gasteiger partial charge < -0.3 is 15.2 Å².